The Morgan fingerprint density at radius 3 is 3.00 bits per heavy atom. The lowest BCUT2D eigenvalue weighted by Gasteiger charge is -2.26. The van der Waals surface area contributed by atoms with Crippen molar-refractivity contribution in [2.75, 3.05) is 19.7 Å². The smallest absolute Gasteiger partial charge is 0.221 e. The zero-order chi connectivity index (χ0) is 13.9. The van der Waals surface area contributed by atoms with Crippen LogP contribution in [0.2, 0.25) is 0 Å². The second-order valence-electron chi connectivity index (χ2n) is 5.62. The second-order valence-corrected chi connectivity index (χ2v) is 5.62. The SMILES string of the molecule is CC(C)(CNC(=O)CCN)c1ccc2c(c1)CCO2. The maximum atomic E-state index is 11.5. The minimum atomic E-state index is -0.0954. The number of hydrogen-bond acceptors (Lipinski definition) is 3. The van der Waals surface area contributed by atoms with Crippen molar-refractivity contribution in [1.82, 2.24) is 5.32 Å². The summed E-state index contributed by atoms with van der Waals surface area (Å²) in [6.07, 6.45) is 1.35. The molecule has 1 aromatic rings. The third-order valence-electron chi connectivity index (χ3n) is 3.57. The Morgan fingerprint density at radius 2 is 2.26 bits per heavy atom. The average Bonchev–Trinajstić information content (AvgIpc) is 2.84. The van der Waals surface area contributed by atoms with E-state index in [2.05, 4.69) is 31.3 Å². The molecule has 1 heterocycles. The zero-order valence-corrected chi connectivity index (χ0v) is 11.7. The number of benzene rings is 1. The molecule has 0 radical (unpaired) electrons. The summed E-state index contributed by atoms with van der Waals surface area (Å²) in [6.45, 7) is 6.04. The van der Waals surface area contributed by atoms with Crippen molar-refractivity contribution < 1.29 is 9.53 Å². The van der Waals surface area contributed by atoms with Crippen molar-refractivity contribution in [2.24, 2.45) is 5.73 Å². The molecule has 2 rings (SSSR count). The predicted molar refractivity (Wildman–Crippen MR) is 75.3 cm³/mol. The van der Waals surface area contributed by atoms with E-state index in [9.17, 15) is 4.79 Å². The van der Waals surface area contributed by atoms with E-state index in [-0.39, 0.29) is 11.3 Å². The largest absolute Gasteiger partial charge is 0.493 e. The van der Waals surface area contributed by atoms with Gasteiger partial charge in [0, 0.05) is 31.3 Å². The van der Waals surface area contributed by atoms with Gasteiger partial charge in [-0.15, -0.1) is 0 Å². The molecule has 104 valence electrons. The number of hydrogen-bond donors (Lipinski definition) is 2. The van der Waals surface area contributed by atoms with Gasteiger partial charge in [-0.2, -0.15) is 0 Å². The van der Waals surface area contributed by atoms with Gasteiger partial charge in [-0.1, -0.05) is 26.0 Å². The normalized spacial score (nSPS) is 13.8. The number of amides is 1. The highest BCUT2D eigenvalue weighted by Crippen LogP contribution is 2.31. The molecule has 0 aromatic heterocycles. The van der Waals surface area contributed by atoms with Gasteiger partial charge >= 0.3 is 0 Å². The molecule has 1 aliphatic rings. The average molecular weight is 262 g/mol. The lowest BCUT2D eigenvalue weighted by molar-refractivity contribution is -0.121. The fraction of sp³-hybridized carbons (Fsp3) is 0.533. The molecule has 0 fully saturated rings. The molecule has 0 spiro atoms. The quantitative estimate of drug-likeness (QED) is 0.842. The summed E-state index contributed by atoms with van der Waals surface area (Å²) in [7, 11) is 0. The van der Waals surface area contributed by atoms with Crippen LogP contribution in [-0.4, -0.2) is 25.6 Å². The van der Waals surface area contributed by atoms with Crippen LogP contribution in [0.1, 0.15) is 31.4 Å². The first-order chi connectivity index (χ1) is 9.03. The fourth-order valence-corrected chi connectivity index (χ4v) is 2.25. The van der Waals surface area contributed by atoms with E-state index < -0.39 is 0 Å². The van der Waals surface area contributed by atoms with Crippen LogP contribution in [0.4, 0.5) is 0 Å². The summed E-state index contributed by atoms with van der Waals surface area (Å²) in [5.74, 6) is 1.01. The Morgan fingerprint density at radius 1 is 1.47 bits per heavy atom. The van der Waals surface area contributed by atoms with Gasteiger partial charge in [-0.25, -0.2) is 0 Å². The summed E-state index contributed by atoms with van der Waals surface area (Å²) in [5.41, 5.74) is 7.76. The Labute approximate surface area is 114 Å². The number of carbonyl (C=O) groups is 1. The molecule has 0 saturated heterocycles. The third kappa shape index (κ3) is 3.26. The lowest BCUT2D eigenvalue weighted by Crippen LogP contribution is -2.37. The van der Waals surface area contributed by atoms with Crippen molar-refractivity contribution in [1.29, 1.82) is 0 Å². The number of rotatable bonds is 5. The maximum Gasteiger partial charge on any atom is 0.221 e. The molecule has 0 aliphatic carbocycles. The van der Waals surface area contributed by atoms with E-state index in [1.54, 1.807) is 0 Å². The zero-order valence-electron chi connectivity index (χ0n) is 11.7. The van der Waals surface area contributed by atoms with E-state index in [1.165, 1.54) is 11.1 Å². The van der Waals surface area contributed by atoms with Gasteiger partial charge in [0.1, 0.15) is 5.75 Å². The van der Waals surface area contributed by atoms with Gasteiger partial charge in [-0.05, 0) is 17.2 Å². The van der Waals surface area contributed by atoms with E-state index in [0.29, 0.717) is 19.5 Å². The van der Waals surface area contributed by atoms with Crippen LogP contribution < -0.4 is 15.8 Å². The maximum absolute atomic E-state index is 11.5. The number of fused-ring (bicyclic) bond motifs is 1. The van der Waals surface area contributed by atoms with Crippen LogP contribution >= 0.6 is 0 Å². The van der Waals surface area contributed by atoms with Crippen LogP contribution in [0.25, 0.3) is 0 Å². The number of carbonyl (C=O) groups excluding carboxylic acids is 1. The molecular formula is C15H22N2O2. The summed E-state index contributed by atoms with van der Waals surface area (Å²) in [5, 5.41) is 2.94. The number of nitrogens with one attached hydrogen (secondary N) is 1. The summed E-state index contributed by atoms with van der Waals surface area (Å²) in [6, 6.07) is 6.30. The molecule has 0 bridgehead atoms. The predicted octanol–water partition coefficient (Wildman–Crippen LogP) is 1.36. The first-order valence-electron chi connectivity index (χ1n) is 6.76. The van der Waals surface area contributed by atoms with Crippen LogP contribution in [-0.2, 0) is 16.6 Å². The second kappa shape index (κ2) is 5.61. The molecule has 1 aliphatic heterocycles. The molecule has 0 saturated carbocycles. The molecule has 19 heavy (non-hydrogen) atoms. The van der Waals surface area contributed by atoms with Crippen LogP contribution in [0.3, 0.4) is 0 Å². The Balaban J connectivity index is 2.04. The van der Waals surface area contributed by atoms with Gasteiger partial charge in [0.25, 0.3) is 0 Å². The van der Waals surface area contributed by atoms with Gasteiger partial charge in [0.15, 0.2) is 0 Å². The van der Waals surface area contributed by atoms with E-state index >= 15 is 0 Å². The first kappa shape index (κ1) is 13.9. The standard InChI is InChI=1S/C15H22N2O2/c1-15(2,10-17-14(18)5-7-16)12-3-4-13-11(9-12)6-8-19-13/h3-4,9H,5-8,10,16H2,1-2H3,(H,17,18). The van der Waals surface area contributed by atoms with Crippen LogP contribution in [0.15, 0.2) is 18.2 Å². The van der Waals surface area contributed by atoms with E-state index in [4.69, 9.17) is 10.5 Å². The molecular weight excluding hydrogens is 240 g/mol. The molecule has 0 unspecified atom stereocenters. The highest BCUT2D eigenvalue weighted by atomic mass is 16.5. The molecule has 4 heteroatoms. The monoisotopic (exact) mass is 262 g/mol. The first-order valence-corrected chi connectivity index (χ1v) is 6.76. The topological polar surface area (TPSA) is 64.4 Å². The Bertz CT molecular complexity index is 469. The molecule has 1 amide bonds. The van der Waals surface area contributed by atoms with Gasteiger partial charge in [0.05, 0.1) is 6.61 Å². The molecule has 1 aromatic carbocycles. The highest BCUT2D eigenvalue weighted by molar-refractivity contribution is 5.76. The van der Waals surface area contributed by atoms with Crippen LogP contribution in [0.5, 0.6) is 5.75 Å². The molecule has 0 atom stereocenters. The van der Waals surface area contributed by atoms with Crippen LogP contribution in [0, 0.1) is 0 Å². The summed E-state index contributed by atoms with van der Waals surface area (Å²) in [4.78, 5) is 11.5. The van der Waals surface area contributed by atoms with Gasteiger partial charge < -0.3 is 15.8 Å². The van der Waals surface area contributed by atoms with Crippen molar-refractivity contribution in [3.8, 4) is 5.75 Å². The minimum absolute atomic E-state index is 0.0140. The Hall–Kier alpha value is -1.55. The third-order valence-corrected chi connectivity index (χ3v) is 3.57. The summed E-state index contributed by atoms with van der Waals surface area (Å²) < 4.78 is 5.51. The molecule has 4 nitrogen and oxygen atoms in total. The van der Waals surface area contributed by atoms with Crippen molar-refractivity contribution in [2.45, 2.75) is 32.1 Å². The van der Waals surface area contributed by atoms with Gasteiger partial charge in [-0.3, -0.25) is 4.79 Å². The summed E-state index contributed by atoms with van der Waals surface area (Å²) >= 11 is 0. The van der Waals surface area contributed by atoms with E-state index in [0.717, 1.165) is 18.8 Å². The van der Waals surface area contributed by atoms with Crippen molar-refractivity contribution in [3.63, 3.8) is 0 Å². The Kier molecular flexibility index (Phi) is 4.10. The van der Waals surface area contributed by atoms with Crippen molar-refractivity contribution >= 4 is 5.91 Å². The van der Waals surface area contributed by atoms with Crippen molar-refractivity contribution in [3.05, 3.63) is 29.3 Å². The van der Waals surface area contributed by atoms with E-state index in [1.807, 2.05) is 6.07 Å². The van der Waals surface area contributed by atoms with Gasteiger partial charge in [0.2, 0.25) is 5.91 Å². The highest BCUT2D eigenvalue weighted by Gasteiger charge is 2.23. The molecule has 3 N–H and O–H groups in total. The lowest BCUT2D eigenvalue weighted by atomic mass is 9.83. The number of ether oxygens (including phenoxy) is 1. The minimum Gasteiger partial charge on any atom is -0.493 e. The number of nitrogens with two attached hydrogens (primary N) is 1. The fourth-order valence-electron chi connectivity index (χ4n) is 2.25.